The molecule has 0 aromatic carbocycles. The van der Waals surface area contributed by atoms with Crippen LogP contribution >= 0.6 is 11.3 Å². The van der Waals surface area contributed by atoms with Crippen molar-refractivity contribution >= 4 is 16.3 Å². The first kappa shape index (κ1) is 13.5. The van der Waals surface area contributed by atoms with Gasteiger partial charge in [0.25, 0.3) is 0 Å². The second-order valence-electron chi connectivity index (χ2n) is 4.81. The Kier molecular flexibility index (Phi) is 4.68. The monoisotopic (exact) mass is 270 g/mol. The van der Waals surface area contributed by atoms with Gasteiger partial charge in [0.05, 0.1) is 4.92 Å². The minimum atomic E-state index is -0.354. The average molecular weight is 270 g/mol. The van der Waals surface area contributed by atoms with Crippen LogP contribution in [-0.4, -0.2) is 23.2 Å². The number of nitro groups is 1. The minimum absolute atomic E-state index is 0.195. The van der Waals surface area contributed by atoms with E-state index in [4.69, 9.17) is 0 Å². The van der Waals surface area contributed by atoms with Gasteiger partial charge in [-0.1, -0.05) is 17.8 Å². The highest BCUT2D eigenvalue weighted by molar-refractivity contribution is 7.13. The van der Waals surface area contributed by atoms with Gasteiger partial charge in [-0.2, -0.15) is 0 Å². The van der Waals surface area contributed by atoms with Crippen LogP contribution < -0.4 is 5.32 Å². The van der Waals surface area contributed by atoms with Crippen LogP contribution in [0.15, 0.2) is 11.4 Å². The standard InChI is InChI=1S/C12H18N2O3S/c15-7-11-3-1-2-10(11)6-13-5-9-4-12(14(16)17)18-8-9/h4,8,10-11,13,15H,1-3,5-7H2. The van der Waals surface area contributed by atoms with Crippen LogP contribution in [0, 0.1) is 22.0 Å². The zero-order valence-electron chi connectivity index (χ0n) is 10.2. The Bertz CT molecular complexity index is 408. The Morgan fingerprint density at radius 3 is 2.94 bits per heavy atom. The molecule has 2 atom stereocenters. The van der Waals surface area contributed by atoms with E-state index in [0.29, 0.717) is 18.4 Å². The molecule has 0 aliphatic heterocycles. The maximum absolute atomic E-state index is 10.5. The van der Waals surface area contributed by atoms with E-state index in [1.807, 2.05) is 5.38 Å². The predicted octanol–water partition coefficient (Wildman–Crippen LogP) is 2.15. The van der Waals surface area contributed by atoms with Gasteiger partial charge in [0.2, 0.25) is 0 Å². The lowest BCUT2D eigenvalue weighted by Gasteiger charge is -2.17. The summed E-state index contributed by atoms with van der Waals surface area (Å²) in [5.74, 6) is 0.970. The van der Waals surface area contributed by atoms with E-state index in [9.17, 15) is 15.2 Å². The lowest BCUT2D eigenvalue weighted by Crippen LogP contribution is -2.26. The normalized spacial score (nSPS) is 23.4. The molecular formula is C12H18N2O3S. The van der Waals surface area contributed by atoms with E-state index in [-0.39, 0.29) is 16.5 Å². The zero-order valence-corrected chi connectivity index (χ0v) is 11.0. The average Bonchev–Trinajstić information content (AvgIpc) is 2.97. The van der Waals surface area contributed by atoms with Crippen LogP contribution in [0.4, 0.5) is 5.00 Å². The van der Waals surface area contributed by atoms with Crippen molar-refractivity contribution < 1.29 is 10.0 Å². The second kappa shape index (κ2) is 6.26. The van der Waals surface area contributed by atoms with Crippen molar-refractivity contribution in [2.75, 3.05) is 13.2 Å². The summed E-state index contributed by atoms with van der Waals surface area (Å²) in [6, 6.07) is 1.62. The first-order chi connectivity index (χ1) is 8.70. The summed E-state index contributed by atoms with van der Waals surface area (Å²) in [4.78, 5) is 10.2. The van der Waals surface area contributed by atoms with Crippen LogP contribution in [0.5, 0.6) is 0 Å². The van der Waals surface area contributed by atoms with Crippen LogP contribution in [0.1, 0.15) is 24.8 Å². The van der Waals surface area contributed by atoms with Crippen molar-refractivity contribution in [2.24, 2.45) is 11.8 Å². The van der Waals surface area contributed by atoms with Crippen molar-refractivity contribution in [3.8, 4) is 0 Å². The molecule has 0 radical (unpaired) electrons. The quantitative estimate of drug-likeness (QED) is 0.613. The highest BCUT2D eigenvalue weighted by atomic mass is 32.1. The fourth-order valence-electron chi connectivity index (χ4n) is 2.58. The molecule has 0 bridgehead atoms. The number of hydrogen-bond acceptors (Lipinski definition) is 5. The van der Waals surface area contributed by atoms with Crippen molar-refractivity contribution in [2.45, 2.75) is 25.8 Å². The first-order valence-electron chi connectivity index (χ1n) is 6.24. The van der Waals surface area contributed by atoms with Gasteiger partial charge in [-0.25, -0.2) is 0 Å². The number of aliphatic hydroxyl groups excluding tert-OH is 1. The molecule has 2 N–H and O–H groups in total. The molecule has 1 fully saturated rings. The Hall–Kier alpha value is -0.980. The molecular weight excluding hydrogens is 252 g/mol. The first-order valence-corrected chi connectivity index (χ1v) is 7.12. The highest BCUT2D eigenvalue weighted by Gasteiger charge is 2.25. The molecule has 18 heavy (non-hydrogen) atoms. The topological polar surface area (TPSA) is 75.4 Å². The van der Waals surface area contributed by atoms with Crippen LogP contribution in [0.3, 0.4) is 0 Å². The summed E-state index contributed by atoms with van der Waals surface area (Å²) < 4.78 is 0. The maximum Gasteiger partial charge on any atom is 0.324 e. The molecule has 0 amide bonds. The van der Waals surface area contributed by atoms with Crippen LogP contribution in [0.2, 0.25) is 0 Å². The van der Waals surface area contributed by atoms with Gasteiger partial charge in [0.1, 0.15) is 0 Å². The molecule has 1 aliphatic carbocycles. The summed E-state index contributed by atoms with van der Waals surface area (Å²) in [6.45, 7) is 1.82. The number of nitrogens with zero attached hydrogens (tertiary/aromatic N) is 1. The van der Waals surface area contributed by atoms with Crippen molar-refractivity contribution in [3.05, 3.63) is 27.1 Å². The summed E-state index contributed by atoms with van der Waals surface area (Å²) in [5, 5.41) is 25.1. The molecule has 0 spiro atoms. The Balaban J connectivity index is 1.76. The fraction of sp³-hybridized carbons (Fsp3) is 0.667. The third-order valence-electron chi connectivity index (χ3n) is 3.61. The SMILES string of the molecule is O=[N+]([O-])c1cc(CNCC2CCCC2CO)cs1. The van der Waals surface area contributed by atoms with Crippen LogP contribution in [-0.2, 0) is 6.54 Å². The van der Waals surface area contributed by atoms with E-state index in [1.165, 1.54) is 24.2 Å². The minimum Gasteiger partial charge on any atom is -0.396 e. The Morgan fingerprint density at radius 1 is 1.50 bits per heavy atom. The molecule has 6 heteroatoms. The van der Waals surface area contributed by atoms with Gasteiger partial charge in [-0.05, 0) is 36.8 Å². The molecule has 1 heterocycles. The molecule has 1 aliphatic rings. The summed E-state index contributed by atoms with van der Waals surface area (Å²) in [5.41, 5.74) is 0.963. The Labute approximate surface area is 110 Å². The number of rotatable bonds is 6. The van der Waals surface area contributed by atoms with Gasteiger partial charge in [0, 0.05) is 24.6 Å². The Morgan fingerprint density at radius 2 is 2.28 bits per heavy atom. The molecule has 5 nitrogen and oxygen atoms in total. The van der Waals surface area contributed by atoms with E-state index in [2.05, 4.69) is 5.32 Å². The molecule has 100 valence electrons. The third kappa shape index (κ3) is 3.28. The molecule has 2 unspecified atom stereocenters. The number of thiophene rings is 1. The number of nitrogens with one attached hydrogen (secondary N) is 1. The number of aliphatic hydroxyl groups is 1. The fourth-order valence-corrected chi connectivity index (χ4v) is 3.30. The third-order valence-corrected chi connectivity index (χ3v) is 4.54. The van der Waals surface area contributed by atoms with Crippen molar-refractivity contribution in [3.63, 3.8) is 0 Å². The molecule has 1 saturated carbocycles. The van der Waals surface area contributed by atoms with Crippen LogP contribution in [0.25, 0.3) is 0 Å². The number of hydrogen-bond donors (Lipinski definition) is 2. The van der Waals surface area contributed by atoms with Gasteiger partial charge < -0.3 is 10.4 Å². The van der Waals surface area contributed by atoms with E-state index < -0.39 is 0 Å². The van der Waals surface area contributed by atoms with Crippen molar-refractivity contribution in [1.82, 2.24) is 5.32 Å². The second-order valence-corrected chi connectivity index (χ2v) is 5.70. The van der Waals surface area contributed by atoms with Gasteiger partial charge in [-0.15, -0.1) is 0 Å². The van der Waals surface area contributed by atoms with Gasteiger partial charge >= 0.3 is 5.00 Å². The molecule has 0 saturated heterocycles. The van der Waals surface area contributed by atoms with E-state index >= 15 is 0 Å². The maximum atomic E-state index is 10.5. The summed E-state index contributed by atoms with van der Waals surface area (Å²) >= 11 is 1.17. The van der Waals surface area contributed by atoms with Gasteiger partial charge in [-0.3, -0.25) is 10.1 Å². The smallest absolute Gasteiger partial charge is 0.324 e. The highest BCUT2D eigenvalue weighted by Crippen LogP contribution is 2.30. The lowest BCUT2D eigenvalue weighted by atomic mass is 9.97. The van der Waals surface area contributed by atoms with E-state index in [1.54, 1.807) is 6.07 Å². The lowest BCUT2D eigenvalue weighted by molar-refractivity contribution is -0.380. The van der Waals surface area contributed by atoms with Gasteiger partial charge in [0.15, 0.2) is 0 Å². The summed E-state index contributed by atoms with van der Waals surface area (Å²) in [7, 11) is 0. The molecule has 2 rings (SSSR count). The predicted molar refractivity (Wildman–Crippen MR) is 70.6 cm³/mol. The molecule has 1 aromatic rings. The zero-order chi connectivity index (χ0) is 13.0. The molecule has 1 aromatic heterocycles. The largest absolute Gasteiger partial charge is 0.396 e. The van der Waals surface area contributed by atoms with Crippen molar-refractivity contribution in [1.29, 1.82) is 0 Å². The van der Waals surface area contributed by atoms with E-state index in [0.717, 1.165) is 18.5 Å². The summed E-state index contributed by atoms with van der Waals surface area (Å²) in [6.07, 6.45) is 3.48.